The molecular weight excluding hydrogens is 322 g/mol. The number of carbonyl (C=O) groups excluding carboxylic acids is 1. The first-order valence-corrected chi connectivity index (χ1v) is 8.68. The summed E-state index contributed by atoms with van der Waals surface area (Å²) in [6.07, 6.45) is 3.88. The van der Waals surface area contributed by atoms with Crippen molar-refractivity contribution >= 4 is 5.91 Å². The average molecular weight is 345 g/mol. The smallest absolute Gasteiger partial charge is 0.289 e. The Morgan fingerprint density at radius 1 is 1.40 bits per heavy atom. The second kappa shape index (κ2) is 6.61. The minimum Gasteiger partial charge on any atom is -0.373 e. The van der Waals surface area contributed by atoms with E-state index in [1.165, 1.54) is 0 Å². The van der Waals surface area contributed by atoms with Crippen LogP contribution in [0.3, 0.4) is 0 Å². The normalized spacial score (nSPS) is 24.4. The number of likely N-dealkylation sites (N-methyl/N-ethyl adjacent to an activating group) is 1. The third-order valence-electron chi connectivity index (χ3n) is 4.98. The van der Waals surface area contributed by atoms with Gasteiger partial charge < -0.3 is 14.6 Å². The molecule has 1 aliphatic carbocycles. The zero-order valence-electron chi connectivity index (χ0n) is 14.5. The first kappa shape index (κ1) is 16.3. The fourth-order valence-corrected chi connectivity index (χ4v) is 3.37. The van der Waals surface area contributed by atoms with Crippen molar-refractivity contribution in [2.75, 3.05) is 26.7 Å². The van der Waals surface area contributed by atoms with E-state index < -0.39 is 0 Å². The summed E-state index contributed by atoms with van der Waals surface area (Å²) in [6, 6.07) is 3.78. The number of nitrogens with zero attached hydrogens (tertiary/aromatic N) is 4. The van der Waals surface area contributed by atoms with E-state index in [1.807, 2.05) is 17.8 Å². The highest BCUT2D eigenvalue weighted by molar-refractivity contribution is 5.91. The van der Waals surface area contributed by atoms with Crippen molar-refractivity contribution in [3.8, 4) is 0 Å². The molecule has 2 aliphatic rings. The highest BCUT2D eigenvalue weighted by Gasteiger charge is 2.34. The molecule has 134 valence electrons. The molecule has 4 rings (SSSR count). The molecule has 2 atom stereocenters. The number of carbonyl (C=O) groups is 1. The van der Waals surface area contributed by atoms with Gasteiger partial charge in [-0.2, -0.15) is 5.10 Å². The van der Waals surface area contributed by atoms with Crippen molar-refractivity contribution in [2.45, 2.75) is 30.9 Å². The van der Waals surface area contributed by atoms with Crippen LogP contribution in [0.5, 0.6) is 0 Å². The van der Waals surface area contributed by atoms with Gasteiger partial charge in [0, 0.05) is 38.3 Å². The molecule has 1 N–H and O–H groups in total. The maximum absolute atomic E-state index is 12.4. The molecule has 1 aliphatic heterocycles. The Morgan fingerprint density at radius 2 is 2.24 bits per heavy atom. The molecule has 2 aromatic heterocycles. The van der Waals surface area contributed by atoms with Crippen LogP contribution in [0.1, 0.15) is 46.7 Å². The molecule has 0 aromatic carbocycles. The minimum absolute atomic E-state index is 0.0401. The summed E-state index contributed by atoms with van der Waals surface area (Å²) in [7, 11) is 3.98. The zero-order chi connectivity index (χ0) is 17.4. The molecule has 0 unspecified atom stereocenters. The molecule has 8 nitrogen and oxygen atoms in total. The Morgan fingerprint density at radius 3 is 2.96 bits per heavy atom. The van der Waals surface area contributed by atoms with Crippen molar-refractivity contribution in [1.29, 1.82) is 0 Å². The van der Waals surface area contributed by atoms with Gasteiger partial charge in [-0.15, -0.1) is 0 Å². The van der Waals surface area contributed by atoms with Crippen molar-refractivity contribution in [2.24, 2.45) is 7.05 Å². The van der Waals surface area contributed by atoms with Crippen LogP contribution in [0.2, 0.25) is 0 Å². The van der Waals surface area contributed by atoms with Crippen LogP contribution in [-0.4, -0.2) is 58.6 Å². The van der Waals surface area contributed by atoms with Gasteiger partial charge in [0.15, 0.2) is 0 Å². The average Bonchev–Trinajstić information content (AvgIpc) is 3.18. The molecule has 2 aromatic rings. The van der Waals surface area contributed by atoms with E-state index in [4.69, 9.17) is 9.26 Å². The van der Waals surface area contributed by atoms with Crippen molar-refractivity contribution in [3.05, 3.63) is 35.5 Å². The fourth-order valence-electron chi connectivity index (χ4n) is 3.37. The van der Waals surface area contributed by atoms with Crippen LogP contribution in [0.25, 0.3) is 0 Å². The van der Waals surface area contributed by atoms with E-state index in [0.717, 1.165) is 30.8 Å². The Balaban J connectivity index is 1.42. The summed E-state index contributed by atoms with van der Waals surface area (Å²) >= 11 is 0. The first-order chi connectivity index (χ1) is 12.1. The molecule has 3 heterocycles. The first-order valence-electron chi connectivity index (χ1n) is 8.68. The summed E-state index contributed by atoms with van der Waals surface area (Å²) in [6.45, 7) is 1.88. The number of hydrogen-bond donors (Lipinski definition) is 1. The summed E-state index contributed by atoms with van der Waals surface area (Å²) < 4.78 is 13.0. The van der Waals surface area contributed by atoms with Crippen LogP contribution in [-0.2, 0) is 11.8 Å². The Kier molecular flexibility index (Phi) is 4.30. The van der Waals surface area contributed by atoms with Gasteiger partial charge in [0.1, 0.15) is 0 Å². The lowest BCUT2D eigenvalue weighted by atomic mass is 10.0. The molecule has 0 bridgehead atoms. The lowest BCUT2D eigenvalue weighted by Gasteiger charge is -2.39. The molecule has 2 fully saturated rings. The number of ether oxygens (including phenoxy) is 1. The van der Waals surface area contributed by atoms with Gasteiger partial charge in [-0.25, -0.2) is 0 Å². The number of amides is 1. The van der Waals surface area contributed by atoms with Crippen LogP contribution in [0.15, 0.2) is 22.9 Å². The summed E-state index contributed by atoms with van der Waals surface area (Å²) in [4.78, 5) is 14.6. The van der Waals surface area contributed by atoms with E-state index in [2.05, 4.69) is 27.5 Å². The Hall–Kier alpha value is -2.19. The minimum atomic E-state index is -0.250. The van der Waals surface area contributed by atoms with E-state index in [1.54, 1.807) is 12.3 Å². The predicted molar refractivity (Wildman–Crippen MR) is 89.1 cm³/mol. The molecule has 1 amide bonds. The standard InChI is InChI=1S/C17H23N5O3/c1-21-7-8-24-15(16(21)13-5-6-19-22(13)2)10-18-17(23)14-9-12(20-25-14)11-3-4-11/h5-6,9,11,15-16H,3-4,7-8,10H2,1-2H3,(H,18,23)/t15-,16-/m0/s1. The SMILES string of the molecule is CN1CCO[C@@H](CNC(=O)c2cc(C3CC3)no2)[C@@H]1c1ccnn1C. The number of nitrogens with one attached hydrogen (secondary N) is 1. The zero-order valence-corrected chi connectivity index (χ0v) is 14.5. The van der Waals surface area contributed by atoms with E-state index in [0.29, 0.717) is 19.1 Å². The molecule has 0 spiro atoms. The summed E-state index contributed by atoms with van der Waals surface area (Å²) in [5, 5.41) is 11.2. The maximum atomic E-state index is 12.4. The van der Waals surface area contributed by atoms with Crippen LogP contribution in [0, 0.1) is 0 Å². The lowest BCUT2D eigenvalue weighted by molar-refractivity contribution is -0.0629. The largest absolute Gasteiger partial charge is 0.373 e. The summed E-state index contributed by atoms with van der Waals surface area (Å²) in [5.74, 6) is 0.484. The van der Waals surface area contributed by atoms with Crippen molar-refractivity contribution in [3.63, 3.8) is 0 Å². The second-order valence-corrected chi connectivity index (χ2v) is 6.81. The van der Waals surface area contributed by atoms with Gasteiger partial charge in [-0.1, -0.05) is 5.16 Å². The Bertz CT molecular complexity index is 751. The van der Waals surface area contributed by atoms with Gasteiger partial charge >= 0.3 is 0 Å². The van der Waals surface area contributed by atoms with Gasteiger partial charge in [0.2, 0.25) is 5.76 Å². The van der Waals surface area contributed by atoms with E-state index in [-0.39, 0.29) is 23.8 Å². The Labute approximate surface area is 146 Å². The maximum Gasteiger partial charge on any atom is 0.289 e. The third-order valence-corrected chi connectivity index (χ3v) is 4.98. The quantitative estimate of drug-likeness (QED) is 0.873. The fraction of sp³-hybridized carbons (Fsp3) is 0.588. The van der Waals surface area contributed by atoms with Crippen molar-refractivity contribution < 1.29 is 14.1 Å². The third kappa shape index (κ3) is 3.32. The van der Waals surface area contributed by atoms with Crippen LogP contribution >= 0.6 is 0 Å². The van der Waals surface area contributed by atoms with Crippen molar-refractivity contribution in [1.82, 2.24) is 25.2 Å². The molecule has 1 saturated carbocycles. The van der Waals surface area contributed by atoms with Crippen LogP contribution in [0.4, 0.5) is 0 Å². The number of rotatable bonds is 5. The molecule has 8 heteroatoms. The van der Waals surface area contributed by atoms with E-state index in [9.17, 15) is 4.79 Å². The lowest BCUT2D eigenvalue weighted by Crippen LogP contribution is -2.48. The molecule has 25 heavy (non-hydrogen) atoms. The molecule has 0 radical (unpaired) electrons. The van der Waals surface area contributed by atoms with E-state index >= 15 is 0 Å². The van der Waals surface area contributed by atoms with Gasteiger partial charge in [-0.05, 0) is 26.0 Å². The highest BCUT2D eigenvalue weighted by atomic mass is 16.5. The topological polar surface area (TPSA) is 85.4 Å². The van der Waals surface area contributed by atoms with Gasteiger partial charge in [0.25, 0.3) is 5.91 Å². The molecular formula is C17H23N5O3. The van der Waals surface area contributed by atoms with Crippen LogP contribution < -0.4 is 5.32 Å². The van der Waals surface area contributed by atoms with Gasteiger partial charge in [0.05, 0.1) is 30.1 Å². The number of aromatic nitrogens is 3. The summed E-state index contributed by atoms with van der Waals surface area (Å²) in [5.41, 5.74) is 1.95. The monoisotopic (exact) mass is 345 g/mol. The molecule has 1 saturated heterocycles. The number of morpholine rings is 1. The second-order valence-electron chi connectivity index (χ2n) is 6.81. The number of aryl methyl sites for hydroxylation is 1. The number of hydrogen-bond acceptors (Lipinski definition) is 6. The predicted octanol–water partition coefficient (Wildman–Crippen LogP) is 1.09. The highest BCUT2D eigenvalue weighted by Crippen LogP contribution is 2.39. The van der Waals surface area contributed by atoms with Gasteiger partial charge in [-0.3, -0.25) is 14.4 Å².